The molecular weight excluding hydrogens is 309 g/mol. The van der Waals surface area contributed by atoms with Gasteiger partial charge in [0.1, 0.15) is 6.17 Å². The van der Waals surface area contributed by atoms with Crippen LogP contribution < -0.4 is 10.6 Å². The molecule has 0 bridgehead atoms. The number of rotatable bonds is 2. The van der Waals surface area contributed by atoms with Gasteiger partial charge in [0.2, 0.25) is 11.8 Å². The van der Waals surface area contributed by atoms with Crippen molar-refractivity contribution in [2.75, 3.05) is 11.9 Å². The van der Waals surface area contributed by atoms with Crippen LogP contribution in [0.4, 0.5) is 10.1 Å². The summed E-state index contributed by atoms with van der Waals surface area (Å²) < 4.78 is 14.6. The topological polar surface area (TPSA) is 63.1 Å². The molecule has 1 aliphatic heterocycles. The number of aromatic nitrogens is 1. The first-order chi connectivity index (χ1) is 10.1. The van der Waals surface area contributed by atoms with Gasteiger partial charge in [-0.25, -0.2) is 4.39 Å². The van der Waals surface area contributed by atoms with Crippen molar-refractivity contribution in [2.24, 2.45) is 0 Å². The minimum absolute atomic E-state index is 0. The Labute approximate surface area is 133 Å². The molecule has 1 aliphatic rings. The molecule has 0 radical (unpaired) electrons. The van der Waals surface area contributed by atoms with Crippen LogP contribution in [0, 0.1) is 0 Å². The molecule has 0 spiro atoms. The zero-order chi connectivity index (χ0) is 15.0. The Kier molecular flexibility index (Phi) is 4.83. The van der Waals surface area contributed by atoms with Crippen LogP contribution in [-0.2, 0) is 4.79 Å². The molecule has 118 valence electrons. The Balaban J connectivity index is 0.00000176. The number of hydrogen-bond acceptors (Lipinski definition) is 3. The van der Waals surface area contributed by atoms with Crippen LogP contribution in [0.25, 0.3) is 10.9 Å². The summed E-state index contributed by atoms with van der Waals surface area (Å²) in [7, 11) is 0. The molecule has 1 fully saturated rings. The van der Waals surface area contributed by atoms with Crippen LogP contribution in [0.15, 0.2) is 30.5 Å². The number of benzene rings is 1. The number of fused-ring (bicyclic) bond motifs is 1. The highest BCUT2D eigenvalue weighted by Crippen LogP contribution is 2.26. The lowest BCUT2D eigenvalue weighted by Gasteiger charge is -2.09. The van der Waals surface area contributed by atoms with E-state index in [0.29, 0.717) is 5.69 Å². The van der Waals surface area contributed by atoms with Crippen molar-refractivity contribution in [1.82, 2.24) is 9.88 Å². The third-order valence-corrected chi connectivity index (χ3v) is 3.70. The Morgan fingerprint density at radius 1 is 1.36 bits per heavy atom. The van der Waals surface area contributed by atoms with E-state index < -0.39 is 12.2 Å². The quantitative estimate of drug-likeness (QED) is 0.891. The maximum atomic E-state index is 13.1. The Morgan fingerprint density at radius 3 is 2.73 bits per heavy atom. The summed E-state index contributed by atoms with van der Waals surface area (Å²) in [6.07, 6.45) is 0.795. The monoisotopic (exact) mass is 325 g/mol. The van der Waals surface area contributed by atoms with E-state index in [0.717, 1.165) is 10.9 Å². The number of nitrogens with one attached hydrogen (secondary N) is 2. The van der Waals surface area contributed by atoms with Gasteiger partial charge in [-0.2, -0.15) is 0 Å². The van der Waals surface area contributed by atoms with E-state index in [9.17, 15) is 14.0 Å². The molecule has 1 amide bonds. The van der Waals surface area contributed by atoms with Gasteiger partial charge in [-0.15, -0.1) is 12.4 Å². The number of alkyl halides is 1. The molecule has 5 nitrogen and oxygen atoms in total. The second kappa shape index (κ2) is 6.46. The average Bonchev–Trinajstić information content (AvgIpc) is 3.04. The van der Waals surface area contributed by atoms with Gasteiger partial charge in [-0.05, 0) is 6.07 Å². The standard InChI is InChI=1S/C15H16FN3O2.ClH/c1-9(20)19-8-13(11-4-2-3-5-14(11)19)18-15(21)12-6-10(16)7-17-12;/h2-5,8,10,12,17H,6-7H2,1H3,(H,18,21);1H. The average molecular weight is 326 g/mol. The van der Waals surface area contributed by atoms with Gasteiger partial charge in [0, 0.05) is 31.5 Å². The van der Waals surface area contributed by atoms with Gasteiger partial charge in [0.15, 0.2) is 0 Å². The van der Waals surface area contributed by atoms with E-state index >= 15 is 0 Å². The summed E-state index contributed by atoms with van der Waals surface area (Å²) in [6.45, 7) is 1.66. The third-order valence-electron chi connectivity index (χ3n) is 3.70. The number of halogens is 2. The fourth-order valence-corrected chi connectivity index (χ4v) is 2.65. The summed E-state index contributed by atoms with van der Waals surface area (Å²) in [5.74, 6) is -0.406. The maximum Gasteiger partial charge on any atom is 0.241 e. The molecule has 22 heavy (non-hydrogen) atoms. The zero-order valence-electron chi connectivity index (χ0n) is 12.0. The lowest BCUT2D eigenvalue weighted by Crippen LogP contribution is -2.35. The highest BCUT2D eigenvalue weighted by molar-refractivity contribution is 6.06. The van der Waals surface area contributed by atoms with E-state index in [1.807, 2.05) is 24.3 Å². The normalized spacial score (nSPS) is 20.6. The van der Waals surface area contributed by atoms with E-state index in [2.05, 4.69) is 10.6 Å². The fourth-order valence-electron chi connectivity index (χ4n) is 2.65. The molecule has 2 aromatic rings. The summed E-state index contributed by atoms with van der Waals surface area (Å²) in [4.78, 5) is 23.8. The molecule has 0 saturated carbocycles. The van der Waals surface area contributed by atoms with E-state index in [-0.39, 0.29) is 37.2 Å². The van der Waals surface area contributed by atoms with Gasteiger partial charge in [0.25, 0.3) is 0 Å². The summed E-state index contributed by atoms with van der Waals surface area (Å²) in [5, 5.41) is 6.41. The van der Waals surface area contributed by atoms with Crippen LogP contribution in [0.1, 0.15) is 18.1 Å². The molecule has 2 N–H and O–H groups in total. The van der Waals surface area contributed by atoms with Crippen LogP contribution in [0.3, 0.4) is 0 Å². The summed E-state index contributed by atoms with van der Waals surface area (Å²) in [6, 6.07) is 6.80. The van der Waals surface area contributed by atoms with Gasteiger partial charge in [-0.1, -0.05) is 18.2 Å². The predicted molar refractivity (Wildman–Crippen MR) is 85.4 cm³/mol. The number of carbonyl (C=O) groups excluding carboxylic acids is 2. The minimum atomic E-state index is -0.987. The molecule has 3 rings (SSSR count). The van der Waals surface area contributed by atoms with Crippen molar-refractivity contribution in [1.29, 1.82) is 0 Å². The molecule has 2 unspecified atom stereocenters. The number of carbonyl (C=O) groups is 2. The molecule has 2 heterocycles. The van der Waals surface area contributed by atoms with Crippen LogP contribution >= 0.6 is 12.4 Å². The summed E-state index contributed by atoms with van der Waals surface area (Å²) >= 11 is 0. The minimum Gasteiger partial charge on any atom is -0.323 e. The van der Waals surface area contributed by atoms with Gasteiger partial charge < -0.3 is 10.6 Å². The fraction of sp³-hybridized carbons (Fsp3) is 0.333. The second-order valence-electron chi connectivity index (χ2n) is 5.23. The summed E-state index contributed by atoms with van der Waals surface area (Å²) in [5.41, 5.74) is 1.30. The van der Waals surface area contributed by atoms with Crippen molar-refractivity contribution in [3.05, 3.63) is 30.5 Å². The maximum absolute atomic E-state index is 13.1. The van der Waals surface area contributed by atoms with Crippen LogP contribution in [-0.4, -0.2) is 35.1 Å². The number of amides is 1. The van der Waals surface area contributed by atoms with Crippen molar-refractivity contribution in [3.8, 4) is 0 Å². The first-order valence-electron chi connectivity index (χ1n) is 6.85. The van der Waals surface area contributed by atoms with Gasteiger partial charge >= 0.3 is 0 Å². The number of nitrogens with zero attached hydrogens (tertiary/aromatic N) is 1. The third kappa shape index (κ3) is 2.98. The first-order valence-corrected chi connectivity index (χ1v) is 6.85. The van der Waals surface area contributed by atoms with Crippen molar-refractivity contribution < 1.29 is 14.0 Å². The number of hydrogen-bond donors (Lipinski definition) is 2. The lowest BCUT2D eigenvalue weighted by molar-refractivity contribution is -0.117. The molecule has 1 aromatic heterocycles. The molecular formula is C15H17ClFN3O2. The molecule has 2 atom stereocenters. The van der Waals surface area contributed by atoms with Crippen molar-refractivity contribution in [2.45, 2.75) is 25.6 Å². The van der Waals surface area contributed by atoms with Crippen LogP contribution in [0.5, 0.6) is 0 Å². The molecule has 0 aliphatic carbocycles. The number of anilines is 1. The molecule has 1 saturated heterocycles. The van der Waals surface area contributed by atoms with E-state index in [4.69, 9.17) is 0 Å². The SMILES string of the molecule is CC(=O)n1cc(NC(=O)C2CC(F)CN2)c2ccccc21.Cl. The smallest absolute Gasteiger partial charge is 0.241 e. The highest BCUT2D eigenvalue weighted by atomic mass is 35.5. The first kappa shape index (κ1) is 16.5. The second-order valence-corrected chi connectivity index (χ2v) is 5.23. The Hall–Kier alpha value is -1.92. The van der Waals surface area contributed by atoms with Crippen LogP contribution in [0.2, 0.25) is 0 Å². The van der Waals surface area contributed by atoms with Gasteiger partial charge in [0.05, 0.1) is 17.2 Å². The largest absolute Gasteiger partial charge is 0.323 e. The van der Waals surface area contributed by atoms with Crippen molar-refractivity contribution >= 4 is 40.8 Å². The highest BCUT2D eigenvalue weighted by Gasteiger charge is 2.29. The molecule has 7 heteroatoms. The molecule has 1 aromatic carbocycles. The number of para-hydroxylation sites is 1. The Bertz CT molecular complexity index is 716. The lowest BCUT2D eigenvalue weighted by atomic mass is 10.2. The van der Waals surface area contributed by atoms with Crippen molar-refractivity contribution in [3.63, 3.8) is 0 Å². The predicted octanol–water partition coefficient (Wildman–Crippen LogP) is 2.36. The Morgan fingerprint density at radius 2 is 2.09 bits per heavy atom. The zero-order valence-corrected chi connectivity index (χ0v) is 12.8. The van der Waals surface area contributed by atoms with Gasteiger partial charge in [-0.3, -0.25) is 14.2 Å². The van der Waals surface area contributed by atoms with E-state index in [1.54, 1.807) is 6.20 Å². The van der Waals surface area contributed by atoms with E-state index in [1.165, 1.54) is 11.5 Å².